The van der Waals surface area contributed by atoms with Crippen LogP contribution in [-0.4, -0.2) is 46.9 Å². The maximum atomic E-state index is 6.01. The average Bonchev–Trinajstić information content (AvgIpc) is 3.12. The molecule has 4 aromatic rings. The molecule has 2 heterocycles. The monoisotopic (exact) mass is 420 g/mol. The highest BCUT2D eigenvalue weighted by molar-refractivity contribution is 6.30. The molecule has 6 heteroatoms. The Kier molecular flexibility index (Phi) is 6.31. The van der Waals surface area contributed by atoms with Crippen LogP contribution in [0.3, 0.4) is 0 Å². The Morgan fingerprint density at radius 2 is 1.77 bits per heavy atom. The minimum Gasteiger partial charge on any atom is -0.494 e. The fourth-order valence-corrected chi connectivity index (χ4v) is 3.50. The van der Waals surface area contributed by atoms with E-state index in [4.69, 9.17) is 21.4 Å². The summed E-state index contributed by atoms with van der Waals surface area (Å²) >= 11 is 6.01. The summed E-state index contributed by atoms with van der Waals surface area (Å²) in [7, 11) is 4.14. The van der Waals surface area contributed by atoms with Crippen LogP contribution in [0.25, 0.3) is 22.3 Å². The van der Waals surface area contributed by atoms with E-state index in [2.05, 4.69) is 42.2 Å². The third-order valence-corrected chi connectivity index (χ3v) is 5.15. The Morgan fingerprint density at radius 1 is 1.00 bits per heavy atom. The fourth-order valence-electron chi connectivity index (χ4n) is 3.38. The van der Waals surface area contributed by atoms with E-state index in [1.54, 1.807) is 6.20 Å². The molecule has 0 bridgehead atoms. The lowest BCUT2D eigenvalue weighted by molar-refractivity contribution is 0.281. The summed E-state index contributed by atoms with van der Waals surface area (Å²) in [4.78, 5) is 6.73. The normalized spacial score (nSPS) is 11.3. The first-order chi connectivity index (χ1) is 14.6. The van der Waals surface area contributed by atoms with Crippen LogP contribution in [0, 0.1) is 0 Å². The third-order valence-electron chi connectivity index (χ3n) is 4.90. The van der Waals surface area contributed by atoms with Crippen LogP contribution in [0.4, 0.5) is 0 Å². The van der Waals surface area contributed by atoms with Crippen molar-refractivity contribution in [1.29, 1.82) is 0 Å². The van der Waals surface area contributed by atoms with Gasteiger partial charge in [-0.2, -0.15) is 5.10 Å². The lowest BCUT2D eigenvalue weighted by atomic mass is 10.1. The second kappa shape index (κ2) is 9.28. The largest absolute Gasteiger partial charge is 0.494 e. The standard InChI is InChI=1S/C24H25ClN4O/c1-28(2)15-4-16-30-21-12-8-19(9-13-21)23-22-5-3-14-26-24(22)29(27-23)17-18-6-10-20(25)11-7-18/h3,5-14H,4,15-17H2,1-2H3. The van der Waals surface area contributed by atoms with E-state index in [1.807, 2.05) is 47.1 Å². The van der Waals surface area contributed by atoms with Gasteiger partial charge in [0.25, 0.3) is 0 Å². The summed E-state index contributed by atoms with van der Waals surface area (Å²) in [5.74, 6) is 0.875. The average molecular weight is 421 g/mol. The van der Waals surface area contributed by atoms with E-state index in [0.29, 0.717) is 13.2 Å². The lowest BCUT2D eigenvalue weighted by Gasteiger charge is -2.10. The summed E-state index contributed by atoms with van der Waals surface area (Å²) < 4.78 is 7.80. The first-order valence-corrected chi connectivity index (χ1v) is 10.4. The first-order valence-electron chi connectivity index (χ1n) is 10.0. The Balaban J connectivity index is 1.56. The molecule has 5 nitrogen and oxygen atoms in total. The van der Waals surface area contributed by atoms with Gasteiger partial charge in [0.2, 0.25) is 0 Å². The molecule has 0 amide bonds. The summed E-state index contributed by atoms with van der Waals surface area (Å²) in [6.07, 6.45) is 2.80. The molecule has 0 fully saturated rings. The van der Waals surface area contributed by atoms with Crippen molar-refractivity contribution < 1.29 is 4.74 Å². The van der Waals surface area contributed by atoms with Crippen molar-refractivity contribution in [3.8, 4) is 17.0 Å². The smallest absolute Gasteiger partial charge is 0.158 e. The Labute approximate surface area is 181 Å². The van der Waals surface area contributed by atoms with Crippen LogP contribution in [0.5, 0.6) is 5.75 Å². The molecule has 4 rings (SSSR count). The van der Waals surface area contributed by atoms with Crippen LogP contribution >= 0.6 is 11.6 Å². The molecule has 0 unspecified atom stereocenters. The van der Waals surface area contributed by atoms with E-state index >= 15 is 0 Å². The quantitative estimate of drug-likeness (QED) is 0.370. The minimum atomic E-state index is 0.637. The van der Waals surface area contributed by atoms with Gasteiger partial charge in [-0.1, -0.05) is 23.7 Å². The lowest BCUT2D eigenvalue weighted by Crippen LogP contribution is -2.15. The maximum absolute atomic E-state index is 6.01. The maximum Gasteiger partial charge on any atom is 0.158 e. The van der Waals surface area contributed by atoms with E-state index < -0.39 is 0 Å². The summed E-state index contributed by atoms with van der Waals surface area (Å²) in [6.45, 7) is 2.36. The molecule has 2 aromatic carbocycles. The van der Waals surface area contributed by atoms with Crippen LogP contribution < -0.4 is 4.74 Å². The van der Waals surface area contributed by atoms with Gasteiger partial charge in [0, 0.05) is 28.7 Å². The number of aromatic nitrogens is 3. The number of halogens is 1. The fraction of sp³-hybridized carbons (Fsp3) is 0.250. The third kappa shape index (κ3) is 4.81. The van der Waals surface area contributed by atoms with Gasteiger partial charge in [-0.3, -0.25) is 0 Å². The minimum absolute atomic E-state index is 0.637. The Bertz CT molecular complexity index is 1100. The zero-order valence-corrected chi connectivity index (χ0v) is 18.0. The topological polar surface area (TPSA) is 43.2 Å². The van der Waals surface area contributed by atoms with Crippen molar-refractivity contribution in [3.05, 3.63) is 77.4 Å². The van der Waals surface area contributed by atoms with Crippen LogP contribution in [0.1, 0.15) is 12.0 Å². The molecule has 0 spiro atoms. The Hall–Kier alpha value is -2.89. The molecule has 2 aromatic heterocycles. The number of hydrogen-bond acceptors (Lipinski definition) is 4. The molecular weight excluding hydrogens is 396 g/mol. The number of ether oxygens (including phenoxy) is 1. The predicted octanol–water partition coefficient (Wildman–Crippen LogP) is 5.13. The second-order valence-corrected chi connectivity index (χ2v) is 7.97. The van der Waals surface area contributed by atoms with E-state index in [9.17, 15) is 0 Å². The van der Waals surface area contributed by atoms with Crippen molar-refractivity contribution >= 4 is 22.6 Å². The summed E-state index contributed by atoms with van der Waals surface area (Å²) in [6, 6.07) is 20.0. The molecular formula is C24H25ClN4O. The molecule has 154 valence electrons. The number of benzene rings is 2. The van der Waals surface area contributed by atoms with Crippen LogP contribution in [0.2, 0.25) is 5.02 Å². The summed E-state index contributed by atoms with van der Waals surface area (Å²) in [5, 5.41) is 6.64. The number of fused-ring (bicyclic) bond motifs is 1. The van der Waals surface area contributed by atoms with Crippen molar-refractivity contribution in [2.24, 2.45) is 0 Å². The van der Waals surface area contributed by atoms with Gasteiger partial charge in [0.05, 0.1) is 13.2 Å². The summed E-state index contributed by atoms with van der Waals surface area (Å²) in [5.41, 5.74) is 3.96. The van der Waals surface area contributed by atoms with Crippen LogP contribution in [-0.2, 0) is 6.54 Å². The van der Waals surface area contributed by atoms with Gasteiger partial charge in [-0.25, -0.2) is 9.67 Å². The number of nitrogens with zero attached hydrogens (tertiary/aromatic N) is 4. The highest BCUT2D eigenvalue weighted by Gasteiger charge is 2.13. The zero-order chi connectivity index (χ0) is 20.9. The number of rotatable bonds is 8. The van der Waals surface area contributed by atoms with Gasteiger partial charge in [-0.15, -0.1) is 0 Å². The molecule has 0 atom stereocenters. The van der Waals surface area contributed by atoms with E-state index in [-0.39, 0.29) is 0 Å². The van der Waals surface area contributed by atoms with Crippen molar-refractivity contribution in [1.82, 2.24) is 19.7 Å². The molecule has 0 aliphatic rings. The first kappa shape index (κ1) is 20.4. The van der Waals surface area contributed by atoms with Gasteiger partial charge in [0.1, 0.15) is 11.4 Å². The number of pyridine rings is 1. The molecule has 0 aliphatic carbocycles. The van der Waals surface area contributed by atoms with Crippen LogP contribution in [0.15, 0.2) is 66.9 Å². The van der Waals surface area contributed by atoms with Crippen molar-refractivity contribution in [3.63, 3.8) is 0 Å². The Morgan fingerprint density at radius 3 is 2.50 bits per heavy atom. The zero-order valence-electron chi connectivity index (χ0n) is 17.3. The van der Waals surface area contributed by atoms with Gasteiger partial charge in [-0.05, 0) is 74.6 Å². The molecule has 0 saturated heterocycles. The molecule has 30 heavy (non-hydrogen) atoms. The highest BCUT2D eigenvalue weighted by Crippen LogP contribution is 2.28. The SMILES string of the molecule is CN(C)CCCOc1ccc(-c2nn(Cc3ccc(Cl)cc3)c3ncccc23)cc1. The highest BCUT2D eigenvalue weighted by atomic mass is 35.5. The number of hydrogen-bond donors (Lipinski definition) is 0. The van der Waals surface area contributed by atoms with Crippen molar-refractivity contribution in [2.75, 3.05) is 27.2 Å². The van der Waals surface area contributed by atoms with E-state index in [1.165, 1.54) is 0 Å². The van der Waals surface area contributed by atoms with Gasteiger partial charge < -0.3 is 9.64 Å². The molecule has 0 radical (unpaired) electrons. The van der Waals surface area contributed by atoms with Crippen molar-refractivity contribution in [2.45, 2.75) is 13.0 Å². The molecule has 0 aliphatic heterocycles. The molecule has 0 N–H and O–H groups in total. The van der Waals surface area contributed by atoms with E-state index in [0.717, 1.165) is 51.6 Å². The molecule has 0 saturated carbocycles. The van der Waals surface area contributed by atoms with Gasteiger partial charge >= 0.3 is 0 Å². The van der Waals surface area contributed by atoms with Gasteiger partial charge in [0.15, 0.2) is 5.65 Å². The second-order valence-electron chi connectivity index (χ2n) is 7.54. The predicted molar refractivity (Wildman–Crippen MR) is 122 cm³/mol.